The molecule has 5 nitrogen and oxygen atoms in total. The van der Waals surface area contributed by atoms with E-state index in [1.54, 1.807) is 13.2 Å². The average molecular weight is 313 g/mol. The lowest BCUT2D eigenvalue weighted by Gasteiger charge is -2.18. The van der Waals surface area contributed by atoms with Crippen LogP contribution in [0, 0.1) is 0 Å². The Hall–Kier alpha value is -1.21. The third-order valence-electron chi connectivity index (χ3n) is 3.00. The molecule has 0 aliphatic heterocycles. The van der Waals surface area contributed by atoms with Crippen molar-refractivity contribution in [3.63, 3.8) is 0 Å². The minimum Gasteiger partial charge on any atom is -0.496 e. The summed E-state index contributed by atoms with van der Waals surface area (Å²) < 4.78 is 9.43. The van der Waals surface area contributed by atoms with E-state index in [-0.39, 0.29) is 6.04 Å². The summed E-state index contributed by atoms with van der Waals surface area (Å²) in [6, 6.07) is 5.23. The Balaban J connectivity index is 2.46. The van der Waals surface area contributed by atoms with Crippen molar-refractivity contribution in [3.8, 4) is 5.75 Å². The van der Waals surface area contributed by atoms with E-state index < -0.39 is 0 Å². The van der Waals surface area contributed by atoms with Gasteiger partial charge in [-0.05, 0) is 36.2 Å². The molecule has 1 heterocycles. The molecule has 1 unspecified atom stereocenters. The van der Waals surface area contributed by atoms with Gasteiger partial charge in [0.2, 0.25) is 0 Å². The third kappa shape index (κ3) is 3.09. The van der Waals surface area contributed by atoms with Crippen LogP contribution in [0.3, 0.4) is 0 Å². The molecule has 108 valence electrons. The molecule has 0 aliphatic carbocycles. The van der Waals surface area contributed by atoms with E-state index in [9.17, 15) is 0 Å². The Kier molecular flexibility index (Phi) is 5.31. The molecule has 20 heavy (non-hydrogen) atoms. The second kappa shape index (κ2) is 6.99. The maximum Gasteiger partial charge on any atom is 0.124 e. The quantitative estimate of drug-likeness (QED) is 0.634. The summed E-state index contributed by atoms with van der Waals surface area (Å²) >= 11 is 7.43. The van der Waals surface area contributed by atoms with Crippen LogP contribution in [-0.4, -0.2) is 16.7 Å². The maximum absolute atomic E-state index is 6.09. The smallest absolute Gasteiger partial charge is 0.124 e. The normalized spacial score (nSPS) is 12.4. The number of ether oxygens (including phenoxy) is 1. The summed E-state index contributed by atoms with van der Waals surface area (Å²) in [6.07, 6.45) is 1.87. The van der Waals surface area contributed by atoms with E-state index in [2.05, 4.69) is 21.9 Å². The van der Waals surface area contributed by atoms with Crippen LogP contribution in [-0.2, 0) is 6.42 Å². The number of hydrogen-bond donors (Lipinski definition) is 2. The van der Waals surface area contributed by atoms with Gasteiger partial charge in [0, 0.05) is 10.6 Å². The van der Waals surface area contributed by atoms with E-state index in [4.69, 9.17) is 22.2 Å². The van der Waals surface area contributed by atoms with Crippen molar-refractivity contribution in [3.05, 3.63) is 39.4 Å². The molecule has 0 bridgehead atoms. The number of nitrogens with zero attached hydrogens (tertiary/aromatic N) is 2. The Morgan fingerprint density at radius 1 is 1.50 bits per heavy atom. The molecule has 2 aromatic rings. The van der Waals surface area contributed by atoms with Crippen LogP contribution in [0.5, 0.6) is 5.75 Å². The van der Waals surface area contributed by atoms with Crippen LogP contribution >= 0.6 is 23.1 Å². The maximum atomic E-state index is 6.09. The molecular weight excluding hydrogens is 296 g/mol. The van der Waals surface area contributed by atoms with Gasteiger partial charge in [-0.2, -0.15) is 0 Å². The summed E-state index contributed by atoms with van der Waals surface area (Å²) in [7, 11) is 1.62. The number of aryl methyl sites for hydroxylation is 1. The highest BCUT2D eigenvalue weighted by Gasteiger charge is 2.23. The van der Waals surface area contributed by atoms with Gasteiger partial charge in [-0.3, -0.25) is 5.84 Å². The molecule has 0 amide bonds. The van der Waals surface area contributed by atoms with Gasteiger partial charge in [0.05, 0.1) is 23.7 Å². The lowest BCUT2D eigenvalue weighted by atomic mass is 10.0. The minimum absolute atomic E-state index is 0.231. The van der Waals surface area contributed by atoms with Gasteiger partial charge >= 0.3 is 0 Å². The van der Waals surface area contributed by atoms with E-state index >= 15 is 0 Å². The first-order valence-electron chi connectivity index (χ1n) is 6.32. The second-order valence-electron chi connectivity index (χ2n) is 4.32. The molecule has 0 aliphatic rings. The number of benzene rings is 1. The molecular formula is C13H17ClN4OS. The predicted octanol–water partition coefficient (Wildman–Crippen LogP) is 2.71. The van der Waals surface area contributed by atoms with Crippen LogP contribution in [0.25, 0.3) is 0 Å². The Morgan fingerprint density at radius 2 is 2.30 bits per heavy atom. The highest BCUT2D eigenvalue weighted by molar-refractivity contribution is 7.05. The highest BCUT2D eigenvalue weighted by Crippen LogP contribution is 2.34. The number of rotatable bonds is 6. The van der Waals surface area contributed by atoms with E-state index in [1.807, 2.05) is 12.1 Å². The lowest BCUT2D eigenvalue weighted by Crippen LogP contribution is -2.29. The number of nitrogens with two attached hydrogens (primary N) is 1. The van der Waals surface area contributed by atoms with Crippen molar-refractivity contribution in [2.75, 3.05) is 7.11 Å². The van der Waals surface area contributed by atoms with Crippen LogP contribution in [0.1, 0.15) is 35.5 Å². The second-order valence-corrected chi connectivity index (χ2v) is 5.54. The molecule has 7 heteroatoms. The Bertz CT molecular complexity index is 575. The SMILES string of the molecule is CCCc1nnsc1C(NN)c1cc(Cl)ccc1OC. The van der Waals surface area contributed by atoms with Crippen LogP contribution in [0.2, 0.25) is 5.02 Å². The molecule has 1 atom stereocenters. The Morgan fingerprint density at radius 3 is 2.95 bits per heavy atom. The highest BCUT2D eigenvalue weighted by atomic mass is 35.5. The van der Waals surface area contributed by atoms with Crippen molar-refractivity contribution < 1.29 is 4.74 Å². The van der Waals surface area contributed by atoms with E-state index in [0.717, 1.165) is 34.7 Å². The topological polar surface area (TPSA) is 73.1 Å². The number of methoxy groups -OCH3 is 1. The van der Waals surface area contributed by atoms with Gasteiger partial charge in [-0.25, -0.2) is 5.43 Å². The number of nitrogens with one attached hydrogen (secondary N) is 1. The molecule has 0 fully saturated rings. The fraction of sp³-hybridized carbons (Fsp3) is 0.385. The number of halogens is 1. The van der Waals surface area contributed by atoms with Crippen LogP contribution in [0.4, 0.5) is 0 Å². The molecule has 0 spiro atoms. The van der Waals surface area contributed by atoms with Gasteiger partial charge in [0.15, 0.2) is 0 Å². The fourth-order valence-corrected chi connectivity index (χ4v) is 3.04. The minimum atomic E-state index is -0.231. The van der Waals surface area contributed by atoms with Crippen molar-refractivity contribution >= 4 is 23.1 Å². The molecule has 0 saturated carbocycles. The van der Waals surface area contributed by atoms with Gasteiger partial charge < -0.3 is 4.74 Å². The first-order valence-corrected chi connectivity index (χ1v) is 7.47. The van der Waals surface area contributed by atoms with Crippen LogP contribution in [0.15, 0.2) is 18.2 Å². The van der Waals surface area contributed by atoms with Crippen molar-refractivity contribution in [2.24, 2.45) is 5.84 Å². The first kappa shape index (κ1) is 15.2. The van der Waals surface area contributed by atoms with Gasteiger partial charge in [0.1, 0.15) is 5.75 Å². The zero-order valence-electron chi connectivity index (χ0n) is 11.4. The van der Waals surface area contributed by atoms with Gasteiger partial charge in [-0.15, -0.1) is 5.10 Å². The zero-order valence-corrected chi connectivity index (χ0v) is 13.0. The van der Waals surface area contributed by atoms with Crippen molar-refractivity contribution in [2.45, 2.75) is 25.8 Å². The predicted molar refractivity (Wildman–Crippen MR) is 81.1 cm³/mol. The summed E-state index contributed by atoms with van der Waals surface area (Å²) in [6.45, 7) is 2.11. The summed E-state index contributed by atoms with van der Waals surface area (Å²) in [5, 5.41) is 4.81. The average Bonchev–Trinajstić information content (AvgIpc) is 2.89. The monoisotopic (exact) mass is 312 g/mol. The van der Waals surface area contributed by atoms with Crippen molar-refractivity contribution in [1.29, 1.82) is 0 Å². The Labute approximate surface area is 127 Å². The summed E-state index contributed by atoms with van der Waals surface area (Å²) in [5.74, 6) is 6.47. The number of aromatic nitrogens is 2. The molecule has 2 rings (SSSR count). The van der Waals surface area contributed by atoms with Crippen LogP contribution < -0.4 is 16.0 Å². The largest absolute Gasteiger partial charge is 0.496 e. The zero-order chi connectivity index (χ0) is 14.5. The molecule has 1 aromatic heterocycles. The third-order valence-corrected chi connectivity index (χ3v) is 4.07. The van der Waals surface area contributed by atoms with Crippen molar-refractivity contribution in [1.82, 2.24) is 15.0 Å². The van der Waals surface area contributed by atoms with Gasteiger partial charge in [-0.1, -0.05) is 29.4 Å². The number of hydrazine groups is 1. The lowest BCUT2D eigenvalue weighted by molar-refractivity contribution is 0.404. The van der Waals surface area contributed by atoms with E-state index in [0.29, 0.717) is 5.02 Å². The first-order chi connectivity index (χ1) is 9.71. The standard InChI is InChI=1S/C13H17ClN4OS/c1-3-4-10-13(20-18-17-10)12(16-15)9-7-8(14)5-6-11(9)19-2/h5-7,12,16H,3-4,15H2,1-2H3. The molecule has 0 radical (unpaired) electrons. The fourth-order valence-electron chi connectivity index (χ4n) is 2.08. The number of hydrogen-bond acceptors (Lipinski definition) is 6. The summed E-state index contributed by atoms with van der Waals surface area (Å²) in [4.78, 5) is 0.995. The summed E-state index contributed by atoms with van der Waals surface area (Å²) in [5.41, 5.74) is 4.65. The molecule has 3 N–H and O–H groups in total. The molecule has 1 aromatic carbocycles. The van der Waals surface area contributed by atoms with Gasteiger partial charge in [0.25, 0.3) is 0 Å². The van der Waals surface area contributed by atoms with E-state index in [1.165, 1.54) is 11.5 Å². The molecule has 0 saturated heterocycles.